The minimum atomic E-state index is -5.10. The van der Waals surface area contributed by atoms with Gasteiger partial charge < -0.3 is 29.8 Å². The second-order valence-electron chi connectivity index (χ2n) is 3.01. The Balaban J connectivity index is 3.80. The van der Waals surface area contributed by atoms with Crippen LogP contribution in [0, 0.1) is 0 Å². The Labute approximate surface area is 99.4 Å². The van der Waals surface area contributed by atoms with Gasteiger partial charge in [0.15, 0.2) is 11.5 Å². The van der Waals surface area contributed by atoms with Crippen LogP contribution in [0.4, 0.5) is 0 Å². The largest absolute Gasteiger partial charge is 0.504 e. The van der Waals surface area contributed by atoms with Crippen molar-refractivity contribution in [3.63, 3.8) is 0 Å². The van der Waals surface area contributed by atoms with E-state index in [1.165, 1.54) is 0 Å². The van der Waals surface area contributed by atoms with Crippen LogP contribution in [0.5, 0.6) is 11.5 Å². The zero-order valence-electron chi connectivity index (χ0n) is 7.85. The Morgan fingerprint density at radius 2 is 1.47 bits per heavy atom. The third-order valence-corrected chi connectivity index (χ3v) is 4.43. The molecule has 0 aliphatic rings. The molecule has 0 aromatic heterocycles. The van der Waals surface area contributed by atoms with Crippen molar-refractivity contribution in [1.29, 1.82) is 0 Å². The first-order chi connectivity index (χ1) is 7.46. The van der Waals surface area contributed by atoms with Gasteiger partial charge in [0, 0.05) is 6.07 Å². The van der Waals surface area contributed by atoms with Crippen molar-refractivity contribution in [2.24, 2.45) is 0 Å². The second-order valence-corrected chi connectivity index (χ2v) is 6.50. The van der Waals surface area contributed by atoms with E-state index in [1.807, 2.05) is 0 Å². The molecule has 0 fully saturated rings. The number of benzene rings is 1. The average molecular weight is 305 g/mol. The lowest BCUT2D eigenvalue weighted by atomic mass is 10.3. The molecule has 0 unspecified atom stereocenters. The summed E-state index contributed by atoms with van der Waals surface area (Å²) in [5.74, 6) is -2.31. The van der Waals surface area contributed by atoms with Crippen molar-refractivity contribution >= 4 is 37.4 Å². The van der Waals surface area contributed by atoms with Crippen molar-refractivity contribution in [2.45, 2.75) is 0 Å². The second kappa shape index (κ2) is 4.26. The van der Waals surface area contributed by atoms with E-state index in [-0.39, 0.29) is 0 Å². The number of hydrogen-bond donors (Lipinski definition) is 6. The third kappa shape index (κ3) is 2.81. The summed E-state index contributed by atoms with van der Waals surface area (Å²) in [6, 6.07) is 0.442. The summed E-state index contributed by atoms with van der Waals surface area (Å²) >= 11 is 5.40. The van der Waals surface area contributed by atoms with Gasteiger partial charge in [0.25, 0.3) is 0 Å². The molecule has 11 heteroatoms. The minimum Gasteiger partial charge on any atom is -0.504 e. The summed E-state index contributed by atoms with van der Waals surface area (Å²) in [6.07, 6.45) is 0. The highest BCUT2D eigenvalue weighted by molar-refractivity contribution is 7.62. The van der Waals surface area contributed by atoms with Crippen molar-refractivity contribution in [3.8, 4) is 11.5 Å². The Hall–Kier alpha value is -0.590. The summed E-state index contributed by atoms with van der Waals surface area (Å²) in [5.41, 5.74) is 0. The van der Waals surface area contributed by atoms with Crippen LogP contribution in [0.2, 0.25) is 5.02 Å². The van der Waals surface area contributed by atoms with Gasteiger partial charge in [-0.05, 0) is 0 Å². The highest BCUT2D eigenvalue weighted by atomic mass is 35.5. The van der Waals surface area contributed by atoms with E-state index in [0.717, 1.165) is 0 Å². The molecule has 1 aromatic rings. The molecule has 0 atom stereocenters. The van der Waals surface area contributed by atoms with Crippen LogP contribution in [0.3, 0.4) is 0 Å². The number of halogens is 1. The van der Waals surface area contributed by atoms with Crippen LogP contribution >= 0.6 is 26.8 Å². The van der Waals surface area contributed by atoms with E-state index >= 15 is 0 Å². The summed E-state index contributed by atoms with van der Waals surface area (Å²) in [5, 5.41) is 15.2. The number of hydrogen-bond acceptors (Lipinski definition) is 4. The van der Waals surface area contributed by atoms with Crippen LogP contribution in [0.25, 0.3) is 0 Å². The van der Waals surface area contributed by atoms with E-state index in [0.29, 0.717) is 6.07 Å². The standard InChI is InChI=1S/C6H7ClO8P2/c7-4-3(16(10,11)12)1-2(8)5(9)6(4)17(13,14)15/h1,8-9H,(H2,10,11,12)(H2,13,14,15). The molecular formula is C6H7ClO8P2. The maximum atomic E-state index is 11.0. The fourth-order valence-corrected chi connectivity index (χ4v) is 3.40. The van der Waals surface area contributed by atoms with Crippen LogP contribution in [0.1, 0.15) is 0 Å². The number of phenols is 2. The van der Waals surface area contributed by atoms with Gasteiger partial charge in [-0.25, -0.2) is 0 Å². The third-order valence-electron chi connectivity index (χ3n) is 1.78. The molecule has 17 heavy (non-hydrogen) atoms. The predicted molar refractivity (Wildman–Crippen MR) is 58.1 cm³/mol. The van der Waals surface area contributed by atoms with E-state index in [4.69, 9.17) is 36.3 Å². The highest BCUT2D eigenvalue weighted by Crippen LogP contribution is 2.46. The van der Waals surface area contributed by atoms with Gasteiger partial charge in [-0.3, -0.25) is 9.13 Å². The molecule has 0 heterocycles. The Bertz CT molecular complexity index is 558. The Morgan fingerprint density at radius 3 is 1.82 bits per heavy atom. The monoisotopic (exact) mass is 304 g/mol. The fraction of sp³-hybridized carbons (Fsp3) is 0. The fourth-order valence-electron chi connectivity index (χ4n) is 1.09. The van der Waals surface area contributed by atoms with E-state index in [1.54, 1.807) is 0 Å². The van der Waals surface area contributed by atoms with Crippen LogP contribution in [-0.4, -0.2) is 29.8 Å². The van der Waals surface area contributed by atoms with Crippen LogP contribution in [-0.2, 0) is 9.13 Å². The molecule has 0 aliphatic heterocycles. The van der Waals surface area contributed by atoms with Crippen LogP contribution < -0.4 is 10.6 Å². The quantitative estimate of drug-likeness (QED) is 0.311. The van der Waals surface area contributed by atoms with Crippen molar-refractivity contribution in [2.75, 3.05) is 0 Å². The zero-order valence-corrected chi connectivity index (χ0v) is 10.4. The molecule has 6 N–H and O–H groups in total. The molecule has 0 saturated carbocycles. The zero-order chi connectivity index (χ0) is 13.6. The summed E-state index contributed by atoms with van der Waals surface area (Å²) < 4.78 is 22.0. The molecule has 0 bridgehead atoms. The molecule has 0 radical (unpaired) electrons. The molecule has 8 nitrogen and oxygen atoms in total. The maximum Gasteiger partial charge on any atom is 0.361 e. The van der Waals surface area contributed by atoms with Gasteiger partial charge in [-0.15, -0.1) is 0 Å². The lowest BCUT2D eigenvalue weighted by molar-refractivity contribution is 0.378. The number of phenolic OH excluding ortho intramolecular Hbond substituents is 2. The van der Waals surface area contributed by atoms with Gasteiger partial charge >= 0.3 is 15.2 Å². The van der Waals surface area contributed by atoms with E-state index < -0.39 is 42.3 Å². The van der Waals surface area contributed by atoms with E-state index in [2.05, 4.69) is 0 Å². The van der Waals surface area contributed by atoms with Crippen molar-refractivity contribution in [3.05, 3.63) is 11.1 Å². The topological polar surface area (TPSA) is 156 Å². The average Bonchev–Trinajstić information content (AvgIpc) is 2.07. The van der Waals surface area contributed by atoms with Gasteiger partial charge in [-0.2, -0.15) is 0 Å². The molecule has 0 spiro atoms. The molecule has 96 valence electrons. The van der Waals surface area contributed by atoms with Crippen LogP contribution in [0.15, 0.2) is 6.07 Å². The smallest absolute Gasteiger partial charge is 0.361 e. The van der Waals surface area contributed by atoms with Gasteiger partial charge in [0.1, 0.15) is 5.30 Å². The molecule has 0 saturated heterocycles. The van der Waals surface area contributed by atoms with Gasteiger partial charge in [0.05, 0.1) is 10.3 Å². The molecular weight excluding hydrogens is 297 g/mol. The normalized spacial score (nSPS) is 12.8. The number of aromatic hydroxyl groups is 2. The number of rotatable bonds is 2. The first kappa shape index (κ1) is 14.5. The van der Waals surface area contributed by atoms with Gasteiger partial charge in [0.2, 0.25) is 0 Å². The van der Waals surface area contributed by atoms with Crippen molar-refractivity contribution in [1.82, 2.24) is 0 Å². The summed E-state index contributed by atoms with van der Waals surface area (Å²) in [4.78, 5) is 35.4. The van der Waals surface area contributed by atoms with E-state index in [9.17, 15) is 14.2 Å². The SMILES string of the molecule is O=P(O)(O)c1cc(O)c(O)c(P(=O)(O)O)c1Cl. The molecule has 0 amide bonds. The summed E-state index contributed by atoms with van der Waals surface area (Å²) in [7, 11) is -10.0. The summed E-state index contributed by atoms with van der Waals surface area (Å²) in [6.45, 7) is 0. The van der Waals surface area contributed by atoms with Gasteiger partial charge in [-0.1, -0.05) is 11.6 Å². The predicted octanol–water partition coefficient (Wildman–Crippen LogP) is -0.643. The maximum absolute atomic E-state index is 11.0. The molecule has 1 rings (SSSR count). The lowest BCUT2D eigenvalue weighted by Gasteiger charge is -2.14. The first-order valence-electron chi connectivity index (χ1n) is 3.83. The lowest BCUT2D eigenvalue weighted by Crippen LogP contribution is -2.17. The Morgan fingerprint density at radius 1 is 1.00 bits per heavy atom. The Kier molecular flexibility index (Phi) is 3.63. The molecule has 1 aromatic carbocycles. The molecule has 0 aliphatic carbocycles. The minimum absolute atomic E-state index is 0.442. The van der Waals surface area contributed by atoms with Crippen molar-refractivity contribution < 1.29 is 38.9 Å². The highest BCUT2D eigenvalue weighted by Gasteiger charge is 2.34. The first-order valence-corrected chi connectivity index (χ1v) is 7.43.